The Morgan fingerprint density at radius 1 is 1.36 bits per heavy atom. The van der Waals surface area contributed by atoms with Gasteiger partial charge in [0, 0.05) is 11.4 Å². The minimum Gasteiger partial charge on any atom is -0.469 e. The minimum atomic E-state index is -0.709. The summed E-state index contributed by atoms with van der Waals surface area (Å²) in [7, 11) is 1.31. The predicted molar refractivity (Wildman–Crippen MR) is 79.4 cm³/mol. The van der Waals surface area contributed by atoms with Crippen LogP contribution in [-0.4, -0.2) is 31.4 Å². The zero-order valence-electron chi connectivity index (χ0n) is 13.1. The SMILES string of the molecule is CCOC(=O)C1=C(C)N=C(C)C(C(=O)OC)C1c1ccco1. The van der Waals surface area contributed by atoms with E-state index in [4.69, 9.17) is 13.9 Å². The maximum atomic E-state index is 12.3. The fourth-order valence-corrected chi connectivity index (χ4v) is 2.72. The summed E-state index contributed by atoms with van der Waals surface area (Å²) in [6.07, 6.45) is 1.50. The summed E-state index contributed by atoms with van der Waals surface area (Å²) >= 11 is 0. The van der Waals surface area contributed by atoms with Crippen LogP contribution in [0.2, 0.25) is 0 Å². The number of allylic oxidation sites excluding steroid dienone is 1. The van der Waals surface area contributed by atoms with Crippen molar-refractivity contribution in [2.75, 3.05) is 13.7 Å². The topological polar surface area (TPSA) is 78.1 Å². The van der Waals surface area contributed by atoms with Crippen molar-refractivity contribution in [1.29, 1.82) is 0 Å². The first-order valence-corrected chi connectivity index (χ1v) is 7.05. The van der Waals surface area contributed by atoms with Crippen molar-refractivity contribution in [3.05, 3.63) is 35.4 Å². The van der Waals surface area contributed by atoms with Crippen LogP contribution in [-0.2, 0) is 19.1 Å². The van der Waals surface area contributed by atoms with Crippen molar-refractivity contribution in [2.45, 2.75) is 26.7 Å². The number of carbonyl (C=O) groups is 2. The van der Waals surface area contributed by atoms with E-state index in [1.165, 1.54) is 13.4 Å². The fourth-order valence-electron chi connectivity index (χ4n) is 2.72. The Labute approximate surface area is 128 Å². The zero-order chi connectivity index (χ0) is 16.3. The second-order valence-corrected chi connectivity index (χ2v) is 4.97. The second kappa shape index (κ2) is 6.60. The molecule has 0 saturated heterocycles. The minimum absolute atomic E-state index is 0.242. The number of rotatable bonds is 4. The number of hydrogen-bond acceptors (Lipinski definition) is 6. The molecule has 0 spiro atoms. The van der Waals surface area contributed by atoms with Crippen LogP contribution in [0.3, 0.4) is 0 Å². The summed E-state index contributed by atoms with van der Waals surface area (Å²) in [5, 5.41) is 0. The lowest BCUT2D eigenvalue weighted by atomic mass is 9.78. The van der Waals surface area contributed by atoms with E-state index in [0.29, 0.717) is 22.7 Å². The molecular weight excluding hydrogens is 286 g/mol. The highest BCUT2D eigenvalue weighted by atomic mass is 16.5. The van der Waals surface area contributed by atoms with E-state index >= 15 is 0 Å². The lowest BCUT2D eigenvalue weighted by molar-refractivity contribution is -0.144. The van der Waals surface area contributed by atoms with E-state index in [1.54, 1.807) is 32.9 Å². The van der Waals surface area contributed by atoms with Gasteiger partial charge in [-0.1, -0.05) is 0 Å². The summed E-state index contributed by atoms with van der Waals surface area (Å²) in [4.78, 5) is 28.9. The van der Waals surface area contributed by atoms with Crippen LogP contribution in [0.1, 0.15) is 32.4 Å². The summed E-state index contributed by atoms with van der Waals surface area (Å²) in [5.41, 5.74) is 1.44. The van der Waals surface area contributed by atoms with Gasteiger partial charge in [-0.25, -0.2) is 4.79 Å². The van der Waals surface area contributed by atoms with Gasteiger partial charge in [-0.15, -0.1) is 0 Å². The van der Waals surface area contributed by atoms with E-state index < -0.39 is 23.8 Å². The quantitative estimate of drug-likeness (QED) is 0.798. The molecule has 1 aliphatic heterocycles. The van der Waals surface area contributed by atoms with Gasteiger partial charge in [0.2, 0.25) is 0 Å². The molecule has 22 heavy (non-hydrogen) atoms. The molecule has 0 aliphatic carbocycles. The number of carbonyl (C=O) groups excluding carboxylic acids is 2. The number of hydrogen-bond donors (Lipinski definition) is 0. The van der Waals surface area contributed by atoms with Crippen molar-refractivity contribution < 1.29 is 23.5 Å². The Bertz CT molecular complexity index is 627. The van der Waals surface area contributed by atoms with Gasteiger partial charge in [-0.05, 0) is 32.9 Å². The van der Waals surface area contributed by atoms with Gasteiger partial charge >= 0.3 is 11.9 Å². The van der Waals surface area contributed by atoms with Crippen molar-refractivity contribution in [2.24, 2.45) is 10.9 Å². The fraction of sp³-hybridized carbons (Fsp3) is 0.438. The van der Waals surface area contributed by atoms with Crippen LogP contribution in [0.5, 0.6) is 0 Å². The number of ether oxygens (including phenoxy) is 2. The number of furan rings is 1. The lowest BCUT2D eigenvalue weighted by Crippen LogP contribution is -2.36. The highest BCUT2D eigenvalue weighted by molar-refractivity contribution is 6.06. The van der Waals surface area contributed by atoms with Gasteiger partial charge in [0.25, 0.3) is 0 Å². The molecule has 0 aromatic carbocycles. The van der Waals surface area contributed by atoms with Gasteiger partial charge in [-0.3, -0.25) is 9.79 Å². The smallest absolute Gasteiger partial charge is 0.336 e. The van der Waals surface area contributed by atoms with Crippen molar-refractivity contribution in [3.63, 3.8) is 0 Å². The molecule has 0 bridgehead atoms. The molecule has 0 N–H and O–H groups in total. The molecule has 0 radical (unpaired) electrons. The zero-order valence-corrected chi connectivity index (χ0v) is 13.1. The lowest BCUT2D eigenvalue weighted by Gasteiger charge is -2.29. The van der Waals surface area contributed by atoms with Crippen LogP contribution >= 0.6 is 0 Å². The second-order valence-electron chi connectivity index (χ2n) is 4.97. The van der Waals surface area contributed by atoms with Crippen LogP contribution in [0.15, 0.2) is 39.1 Å². The van der Waals surface area contributed by atoms with E-state index in [0.717, 1.165) is 0 Å². The molecule has 1 aromatic heterocycles. The Morgan fingerprint density at radius 3 is 2.64 bits per heavy atom. The number of methoxy groups -OCH3 is 1. The monoisotopic (exact) mass is 305 g/mol. The number of nitrogens with zero attached hydrogens (tertiary/aromatic N) is 1. The molecule has 118 valence electrons. The van der Waals surface area contributed by atoms with E-state index in [-0.39, 0.29) is 6.61 Å². The molecule has 6 heteroatoms. The summed E-state index contributed by atoms with van der Waals surface area (Å²) < 4.78 is 15.4. The van der Waals surface area contributed by atoms with Crippen molar-refractivity contribution in [3.8, 4) is 0 Å². The van der Waals surface area contributed by atoms with Crippen LogP contribution in [0, 0.1) is 5.92 Å². The third kappa shape index (κ3) is 2.81. The third-order valence-corrected chi connectivity index (χ3v) is 3.63. The highest BCUT2D eigenvalue weighted by Gasteiger charge is 2.43. The van der Waals surface area contributed by atoms with Gasteiger partial charge in [0.1, 0.15) is 11.7 Å². The van der Waals surface area contributed by atoms with Gasteiger partial charge in [0.15, 0.2) is 0 Å². The molecule has 2 rings (SSSR count). The van der Waals surface area contributed by atoms with E-state index in [1.807, 2.05) is 0 Å². The molecule has 0 fully saturated rings. The molecular formula is C16H19NO5. The molecule has 0 saturated carbocycles. The van der Waals surface area contributed by atoms with Crippen LogP contribution in [0.25, 0.3) is 0 Å². The summed E-state index contributed by atoms with van der Waals surface area (Å²) in [6, 6.07) is 3.44. The number of esters is 2. The van der Waals surface area contributed by atoms with Gasteiger partial charge < -0.3 is 13.9 Å². The highest BCUT2D eigenvalue weighted by Crippen LogP contribution is 2.40. The van der Waals surface area contributed by atoms with Gasteiger partial charge in [-0.2, -0.15) is 0 Å². The molecule has 0 amide bonds. The van der Waals surface area contributed by atoms with Gasteiger partial charge in [0.05, 0.1) is 31.5 Å². The molecule has 1 aromatic rings. The molecule has 2 unspecified atom stereocenters. The first-order chi connectivity index (χ1) is 10.5. The predicted octanol–water partition coefficient (Wildman–Crippen LogP) is 2.46. The standard InChI is InChI=1S/C16H19NO5/c1-5-21-16(19)13-10(3)17-9(2)12(15(18)20-4)14(13)11-7-6-8-22-11/h6-8,12,14H,5H2,1-4H3. The maximum Gasteiger partial charge on any atom is 0.336 e. The summed E-state index contributed by atoms with van der Waals surface area (Å²) in [5.74, 6) is -1.76. The third-order valence-electron chi connectivity index (χ3n) is 3.63. The van der Waals surface area contributed by atoms with Crippen LogP contribution < -0.4 is 0 Å². The molecule has 1 aliphatic rings. The molecule has 2 atom stereocenters. The van der Waals surface area contributed by atoms with E-state index in [2.05, 4.69) is 4.99 Å². The van der Waals surface area contributed by atoms with Crippen molar-refractivity contribution in [1.82, 2.24) is 0 Å². The summed E-state index contributed by atoms with van der Waals surface area (Å²) in [6.45, 7) is 5.43. The Hall–Kier alpha value is -2.37. The first kappa shape index (κ1) is 16.0. The van der Waals surface area contributed by atoms with Crippen molar-refractivity contribution >= 4 is 17.7 Å². The Kier molecular flexibility index (Phi) is 4.80. The van der Waals surface area contributed by atoms with Crippen LogP contribution in [0.4, 0.5) is 0 Å². The number of aliphatic imine (C=N–C) groups is 1. The average Bonchev–Trinajstić information content (AvgIpc) is 2.99. The van der Waals surface area contributed by atoms with E-state index in [9.17, 15) is 9.59 Å². The Morgan fingerprint density at radius 2 is 2.09 bits per heavy atom. The average molecular weight is 305 g/mol. The largest absolute Gasteiger partial charge is 0.469 e. The molecule has 6 nitrogen and oxygen atoms in total. The molecule has 2 heterocycles. The Balaban J connectivity index is 2.58. The normalized spacial score (nSPS) is 21.4. The maximum absolute atomic E-state index is 12.3. The first-order valence-electron chi connectivity index (χ1n) is 7.05.